The molecule has 2 aromatic carbocycles. The van der Waals surface area contributed by atoms with Crippen molar-refractivity contribution in [2.24, 2.45) is 5.73 Å². The summed E-state index contributed by atoms with van der Waals surface area (Å²) in [4.78, 5) is 34.3. The fourth-order valence-electron chi connectivity index (χ4n) is 4.99. The number of rotatable bonds is 5. The first kappa shape index (κ1) is 23.0. The highest BCUT2D eigenvalue weighted by molar-refractivity contribution is 6.00. The van der Waals surface area contributed by atoms with E-state index in [0.717, 1.165) is 29.7 Å². The number of primary amides is 1. The number of amides is 2. The molecule has 2 heterocycles. The van der Waals surface area contributed by atoms with Crippen molar-refractivity contribution in [1.82, 2.24) is 14.8 Å². The maximum absolute atomic E-state index is 14.3. The van der Waals surface area contributed by atoms with Crippen LogP contribution < -0.4 is 10.5 Å². The van der Waals surface area contributed by atoms with Crippen molar-refractivity contribution in [2.75, 3.05) is 34.3 Å². The average molecular weight is 475 g/mol. The monoisotopic (exact) mass is 474 g/mol. The number of fused-ring (bicyclic) bond motifs is 3. The standard InChI is InChI=1S/C27H27FN4O3/c1-31(2)18-8-9-32(14-18)27(34)16-4-6-19-17(10-16)11-20-21(26(29)33)13-23(30-25(19)20)15-5-7-24(35-3)22(28)12-15/h4-7,10,12-13,18H,8-9,11,14H2,1-3H3,(H2,29,33)/t18-/m0/s1. The van der Waals surface area contributed by atoms with E-state index in [9.17, 15) is 14.0 Å². The third kappa shape index (κ3) is 4.04. The number of pyridine rings is 1. The summed E-state index contributed by atoms with van der Waals surface area (Å²) >= 11 is 0. The molecule has 0 spiro atoms. The number of likely N-dealkylation sites (tertiary alicyclic amines) is 1. The van der Waals surface area contributed by atoms with Gasteiger partial charge in [-0.15, -0.1) is 0 Å². The van der Waals surface area contributed by atoms with Gasteiger partial charge in [0, 0.05) is 47.8 Å². The number of methoxy groups -OCH3 is 1. The second-order valence-corrected chi connectivity index (χ2v) is 9.30. The molecule has 0 bridgehead atoms. The van der Waals surface area contributed by atoms with Crippen molar-refractivity contribution < 1.29 is 18.7 Å². The molecule has 1 aliphatic heterocycles. The van der Waals surface area contributed by atoms with Gasteiger partial charge < -0.3 is 20.3 Å². The third-order valence-corrected chi connectivity index (χ3v) is 6.99. The topological polar surface area (TPSA) is 88.8 Å². The molecule has 1 aromatic heterocycles. The summed E-state index contributed by atoms with van der Waals surface area (Å²) in [5.41, 5.74) is 10.8. The van der Waals surface area contributed by atoms with Gasteiger partial charge in [0.2, 0.25) is 5.91 Å². The number of ether oxygens (including phenoxy) is 1. The van der Waals surface area contributed by atoms with E-state index >= 15 is 0 Å². The Kier molecular flexibility index (Phi) is 5.76. The summed E-state index contributed by atoms with van der Waals surface area (Å²) in [7, 11) is 5.46. The minimum atomic E-state index is -0.574. The molecule has 2 N–H and O–H groups in total. The van der Waals surface area contributed by atoms with Crippen LogP contribution in [0, 0.1) is 5.82 Å². The maximum Gasteiger partial charge on any atom is 0.253 e. The number of nitrogens with zero attached hydrogens (tertiary/aromatic N) is 3. The summed E-state index contributed by atoms with van der Waals surface area (Å²) in [6, 6.07) is 12.1. The quantitative estimate of drug-likeness (QED) is 0.479. The number of hydrogen-bond donors (Lipinski definition) is 1. The summed E-state index contributed by atoms with van der Waals surface area (Å²) in [6.07, 6.45) is 1.41. The Labute approximate surface area is 203 Å². The Bertz CT molecular complexity index is 1350. The van der Waals surface area contributed by atoms with E-state index in [2.05, 4.69) is 4.90 Å². The highest BCUT2D eigenvalue weighted by atomic mass is 19.1. The molecule has 180 valence electrons. The Hall–Kier alpha value is -3.78. The van der Waals surface area contributed by atoms with Crippen LogP contribution >= 0.6 is 0 Å². The smallest absolute Gasteiger partial charge is 0.253 e. The van der Waals surface area contributed by atoms with Crippen LogP contribution in [0.15, 0.2) is 42.5 Å². The maximum atomic E-state index is 14.3. The van der Waals surface area contributed by atoms with Gasteiger partial charge in [0.15, 0.2) is 11.6 Å². The van der Waals surface area contributed by atoms with Crippen LogP contribution in [-0.2, 0) is 6.42 Å². The molecule has 2 aliphatic rings. The summed E-state index contributed by atoms with van der Waals surface area (Å²) in [5, 5.41) is 0. The molecule has 7 nitrogen and oxygen atoms in total. The van der Waals surface area contributed by atoms with E-state index < -0.39 is 11.7 Å². The predicted octanol–water partition coefficient (Wildman–Crippen LogP) is 3.34. The van der Waals surface area contributed by atoms with Gasteiger partial charge in [-0.1, -0.05) is 6.07 Å². The molecule has 1 fully saturated rings. The molecular formula is C27H27FN4O3. The predicted molar refractivity (Wildman–Crippen MR) is 131 cm³/mol. The lowest BCUT2D eigenvalue weighted by Gasteiger charge is -2.20. The minimum absolute atomic E-state index is 0.00517. The summed E-state index contributed by atoms with van der Waals surface area (Å²) < 4.78 is 19.3. The van der Waals surface area contributed by atoms with Gasteiger partial charge in [-0.05, 0) is 68.0 Å². The van der Waals surface area contributed by atoms with E-state index in [0.29, 0.717) is 47.1 Å². The molecule has 5 rings (SSSR count). The average Bonchev–Trinajstić information content (AvgIpc) is 3.47. The van der Waals surface area contributed by atoms with Crippen molar-refractivity contribution in [1.29, 1.82) is 0 Å². The van der Waals surface area contributed by atoms with Gasteiger partial charge in [-0.2, -0.15) is 0 Å². The van der Waals surface area contributed by atoms with Crippen LogP contribution in [-0.4, -0.2) is 66.9 Å². The zero-order chi connectivity index (χ0) is 24.9. The second-order valence-electron chi connectivity index (χ2n) is 9.30. The van der Waals surface area contributed by atoms with Gasteiger partial charge in [-0.3, -0.25) is 9.59 Å². The first-order chi connectivity index (χ1) is 16.8. The van der Waals surface area contributed by atoms with Gasteiger partial charge in [-0.25, -0.2) is 9.37 Å². The molecule has 0 unspecified atom stereocenters. The molecule has 35 heavy (non-hydrogen) atoms. The number of carbonyl (C=O) groups excluding carboxylic acids is 2. The Balaban J connectivity index is 1.51. The Morgan fingerprint density at radius 1 is 1.17 bits per heavy atom. The van der Waals surface area contributed by atoms with Crippen LogP contribution in [0.25, 0.3) is 22.5 Å². The Morgan fingerprint density at radius 3 is 2.63 bits per heavy atom. The highest BCUT2D eigenvalue weighted by Crippen LogP contribution is 2.40. The first-order valence-corrected chi connectivity index (χ1v) is 11.5. The lowest BCUT2D eigenvalue weighted by Crippen LogP contribution is -2.34. The number of hydrogen-bond acceptors (Lipinski definition) is 5. The molecule has 0 radical (unpaired) electrons. The fourth-order valence-corrected chi connectivity index (χ4v) is 4.99. The van der Waals surface area contributed by atoms with E-state index in [-0.39, 0.29) is 11.7 Å². The minimum Gasteiger partial charge on any atom is -0.494 e. The van der Waals surface area contributed by atoms with E-state index in [1.54, 1.807) is 12.1 Å². The van der Waals surface area contributed by atoms with Crippen LogP contribution in [0.4, 0.5) is 4.39 Å². The number of aromatic nitrogens is 1. The van der Waals surface area contributed by atoms with Crippen molar-refractivity contribution in [3.05, 3.63) is 70.5 Å². The number of halogens is 1. The molecule has 3 aromatic rings. The van der Waals surface area contributed by atoms with Gasteiger partial charge in [0.05, 0.1) is 18.5 Å². The van der Waals surface area contributed by atoms with Crippen molar-refractivity contribution in [3.8, 4) is 28.3 Å². The summed E-state index contributed by atoms with van der Waals surface area (Å²) in [5.74, 6) is -0.960. The molecule has 2 amide bonds. The van der Waals surface area contributed by atoms with Gasteiger partial charge in [0.1, 0.15) is 0 Å². The van der Waals surface area contributed by atoms with Gasteiger partial charge in [0.25, 0.3) is 5.91 Å². The van der Waals surface area contributed by atoms with Crippen LogP contribution in [0.3, 0.4) is 0 Å². The van der Waals surface area contributed by atoms with Crippen LogP contribution in [0.5, 0.6) is 5.75 Å². The molecule has 1 atom stereocenters. The number of likely N-dealkylation sites (N-methyl/N-ethyl adjacent to an activating group) is 1. The fraction of sp³-hybridized carbons (Fsp3) is 0.296. The van der Waals surface area contributed by atoms with E-state index in [4.69, 9.17) is 15.5 Å². The largest absolute Gasteiger partial charge is 0.494 e. The van der Waals surface area contributed by atoms with Crippen LogP contribution in [0.2, 0.25) is 0 Å². The zero-order valence-electron chi connectivity index (χ0n) is 20.0. The number of nitrogens with two attached hydrogens (primary N) is 1. The normalized spacial score (nSPS) is 16.4. The zero-order valence-corrected chi connectivity index (χ0v) is 20.0. The lowest BCUT2D eigenvalue weighted by molar-refractivity contribution is 0.0782. The van der Waals surface area contributed by atoms with Crippen LogP contribution in [0.1, 0.15) is 38.3 Å². The molecule has 0 saturated carbocycles. The molecular weight excluding hydrogens is 447 g/mol. The number of benzene rings is 2. The van der Waals surface area contributed by atoms with E-state index in [1.807, 2.05) is 37.2 Å². The Morgan fingerprint density at radius 2 is 1.97 bits per heavy atom. The highest BCUT2D eigenvalue weighted by Gasteiger charge is 2.30. The summed E-state index contributed by atoms with van der Waals surface area (Å²) in [6.45, 7) is 1.44. The molecule has 8 heteroatoms. The SMILES string of the molecule is COc1ccc(-c2cc(C(N)=O)c3c(n2)-c2ccc(C(=O)N4CC[C@H](N(C)C)C4)cc2C3)cc1F. The second kappa shape index (κ2) is 8.78. The van der Waals surface area contributed by atoms with Gasteiger partial charge >= 0.3 is 0 Å². The van der Waals surface area contributed by atoms with Crippen molar-refractivity contribution >= 4 is 11.8 Å². The van der Waals surface area contributed by atoms with Crippen molar-refractivity contribution in [3.63, 3.8) is 0 Å². The van der Waals surface area contributed by atoms with Crippen molar-refractivity contribution in [2.45, 2.75) is 18.9 Å². The van der Waals surface area contributed by atoms with E-state index in [1.165, 1.54) is 19.2 Å². The lowest BCUT2D eigenvalue weighted by atomic mass is 10.0. The number of carbonyl (C=O) groups is 2. The first-order valence-electron chi connectivity index (χ1n) is 11.5. The third-order valence-electron chi connectivity index (χ3n) is 6.99. The molecule has 1 saturated heterocycles. The molecule has 1 aliphatic carbocycles.